The van der Waals surface area contributed by atoms with E-state index in [0.717, 1.165) is 9.21 Å². The van der Waals surface area contributed by atoms with Gasteiger partial charge in [-0.2, -0.15) is 0 Å². The van der Waals surface area contributed by atoms with Crippen LogP contribution in [0.15, 0.2) is 12.1 Å². The summed E-state index contributed by atoms with van der Waals surface area (Å²) in [5.74, 6) is -0.151. The molecule has 0 aliphatic rings. The molecule has 1 rings (SSSR count). The van der Waals surface area contributed by atoms with Gasteiger partial charge < -0.3 is 11.1 Å². The highest BCUT2D eigenvalue weighted by molar-refractivity contribution is 7.16. The summed E-state index contributed by atoms with van der Waals surface area (Å²) in [5.41, 5.74) is 5.43. The number of nitrogens with two attached hydrogens (primary N) is 1. The van der Waals surface area contributed by atoms with E-state index in [0.29, 0.717) is 0 Å². The molecule has 1 amide bonds. The lowest BCUT2D eigenvalue weighted by Crippen LogP contribution is -2.39. The highest BCUT2D eigenvalue weighted by atomic mass is 35.5. The summed E-state index contributed by atoms with van der Waals surface area (Å²) in [6.07, 6.45) is 0. The molecule has 0 saturated carbocycles. The van der Waals surface area contributed by atoms with E-state index in [1.54, 1.807) is 6.92 Å². The second-order valence-corrected chi connectivity index (χ2v) is 4.91. The quantitative estimate of drug-likeness (QED) is 0.837. The van der Waals surface area contributed by atoms with Gasteiger partial charge in [0.15, 0.2) is 0 Å². The predicted octanol–water partition coefficient (Wildman–Crippen LogP) is 1.93. The molecule has 1 aromatic heterocycles. The second kappa shape index (κ2) is 4.77. The average Bonchev–Trinajstić information content (AvgIpc) is 2.51. The Kier molecular flexibility index (Phi) is 3.92. The largest absolute Gasteiger partial charge is 0.347 e. The zero-order valence-corrected chi connectivity index (χ0v) is 9.65. The third-order valence-corrected chi connectivity index (χ3v) is 3.21. The maximum atomic E-state index is 11.3. The summed E-state index contributed by atoms with van der Waals surface area (Å²) >= 11 is 7.24. The van der Waals surface area contributed by atoms with Crippen LogP contribution in [0.25, 0.3) is 0 Å². The molecule has 1 aromatic rings. The molecule has 0 aliphatic carbocycles. The van der Waals surface area contributed by atoms with Gasteiger partial charge >= 0.3 is 0 Å². The van der Waals surface area contributed by atoms with Crippen LogP contribution in [0.2, 0.25) is 4.34 Å². The van der Waals surface area contributed by atoms with Gasteiger partial charge in [0.25, 0.3) is 0 Å². The Morgan fingerprint density at radius 3 is 2.64 bits per heavy atom. The molecule has 1 heterocycles. The Balaban J connectivity index is 2.59. The molecule has 0 aromatic carbocycles. The van der Waals surface area contributed by atoms with E-state index in [1.807, 2.05) is 19.1 Å². The van der Waals surface area contributed by atoms with Gasteiger partial charge in [0.05, 0.1) is 16.4 Å². The van der Waals surface area contributed by atoms with Gasteiger partial charge in [-0.3, -0.25) is 4.79 Å². The van der Waals surface area contributed by atoms with Crippen molar-refractivity contribution in [2.75, 3.05) is 0 Å². The lowest BCUT2D eigenvalue weighted by molar-refractivity contribution is -0.122. The van der Waals surface area contributed by atoms with Crippen LogP contribution in [-0.4, -0.2) is 11.9 Å². The predicted molar refractivity (Wildman–Crippen MR) is 59.5 cm³/mol. The van der Waals surface area contributed by atoms with E-state index in [9.17, 15) is 4.79 Å². The zero-order valence-electron chi connectivity index (χ0n) is 8.08. The third kappa shape index (κ3) is 2.97. The zero-order chi connectivity index (χ0) is 10.7. The molecule has 0 bridgehead atoms. The molecule has 0 spiro atoms. The first-order valence-corrected chi connectivity index (χ1v) is 5.51. The molecule has 3 nitrogen and oxygen atoms in total. The molecule has 2 atom stereocenters. The van der Waals surface area contributed by atoms with E-state index >= 15 is 0 Å². The van der Waals surface area contributed by atoms with Gasteiger partial charge in [-0.15, -0.1) is 11.3 Å². The van der Waals surface area contributed by atoms with Crippen LogP contribution in [0.1, 0.15) is 24.8 Å². The van der Waals surface area contributed by atoms with Gasteiger partial charge in [0, 0.05) is 4.88 Å². The first-order chi connectivity index (χ1) is 6.50. The van der Waals surface area contributed by atoms with Crippen molar-refractivity contribution in [3.63, 3.8) is 0 Å². The number of carbonyl (C=O) groups is 1. The maximum Gasteiger partial charge on any atom is 0.237 e. The Morgan fingerprint density at radius 2 is 2.21 bits per heavy atom. The maximum absolute atomic E-state index is 11.3. The number of halogens is 1. The van der Waals surface area contributed by atoms with Gasteiger partial charge in [-0.25, -0.2) is 0 Å². The van der Waals surface area contributed by atoms with Crippen molar-refractivity contribution in [3.8, 4) is 0 Å². The second-order valence-electron chi connectivity index (χ2n) is 3.16. The summed E-state index contributed by atoms with van der Waals surface area (Å²) < 4.78 is 0.724. The monoisotopic (exact) mass is 232 g/mol. The minimum atomic E-state index is -0.479. The van der Waals surface area contributed by atoms with E-state index < -0.39 is 6.04 Å². The van der Waals surface area contributed by atoms with Crippen molar-refractivity contribution in [1.82, 2.24) is 5.32 Å². The molecule has 0 fully saturated rings. The summed E-state index contributed by atoms with van der Waals surface area (Å²) in [7, 11) is 0. The van der Waals surface area contributed by atoms with Crippen molar-refractivity contribution < 1.29 is 4.79 Å². The van der Waals surface area contributed by atoms with Crippen molar-refractivity contribution in [2.24, 2.45) is 5.73 Å². The van der Waals surface area contributed by atoms with Crippen molar-refractivity contribution >= 4 is 28.8 Å². The molecule has 78 valence electrons. The third-order valence-electron chi connectivity index (χ3n) is 1.79. The first-order valence-electron chi connectivity index (χ1n) is 4.32. The van der Waals surface area contributed by atoms with Crippen LogP contribution < -0.4 is 11.1 Å². The number of carbonyl (C=O) groups excluding carboxylic acids is 1. The fourth-order valence-corrected chi connectivity index (χ4v) is 2.04. The fourth-order valence-electron chi connectivity index (χ4n) is 0.977. The normalized spacial score (nSPS) is 14.9. The topological polar surface area (TPSA) is 55.1 Å². The van der Waals surface area contributed by atoms with Crippen LogP contribution in [0.5, 0.6) is 0 Å². The van der Waals surface area contributed by atoms with E-state index in [1.165, 1.54) is 11.3 Å². The lowest BCUT2D eigenvalue weighted by atomic mass is 10.2. The van der Waals surface area contributed by atoms with Crippen molar-refractivity contribution in [3.05, 3.63) is 21.3 Å². The summed E-state index contributed by atoms with van der Waals surface area (Å²) in [6, 6.07) is 3.20. The minimum Gasteiger partial charge on any atom is -0.347 e. The number of nitrogens with one attached hydrogen (secondary N) is 1. The molecule has 0 radical (unpaired) electrons. The lowest BCUT2D eigenvalue weighted by Gasteiger charge is -2.13. The van der Waals surface area contributed by atoms with Crippen LogP contribution in [0.4, 0.5) is 0 Å². The summed E-state index contributed by atoms with van der Waals surface area (Å²) in [5, 5.41) is 2.80. The summed E-state index contributed by atoms with van der Waals surface area (Å²) in [6.45, 7) is 3.56. The van der Waals surface area contributed by atoms with Gasteiger partial charge in [0.1, 0.15) is 0 Å². The minimum absolute atomic E-state index is 0.0361. The highest BCUT2D eigenvalue weighted by Crippen LogP contribution is 2.26. The molecular weight excluding hydrogens is 220 g/mol. The average molecular weight is 233 g/mol. The van der Waals surface area contributed by atoms with Gasteiger partial charge in [-0.05, 0) is 26.0 Å². The van der Waals surface area contributed by atoms with Crippen molar-refractivity contribution in [1.29, 1.82) is 0 Å². The number of hydrogen-bond acceptors (Lipinski definition) is 3. The van der Waals surface area contributed by atoms with Crippen LogP contribution >= 0.6 is 22.9 Å². The number of amides is 1. The number of hydrogen-bond donors (Lipinski definition) is 2. The van der Waals surface area contributed by atoms with E-state index in [-0.39, 0.29) is 11.9 Å². The molecule has 14 heavy (non-hydrogen) atoms. The van der Waals surface area contributed by atoms with Crippen LogP contribution in [-0.2, 0) is 4.79 Å². The van der Waals surface area contributed by atoms with E-state index in [4.69, 9.17) is 17.3 Å². The Morgan fingerprint density at radius 1 is 1.57 bits per heavy atom. The Hall–Kier alpha value is -0.580. The molecule has 5 heteroatoms. The smallest absolute Gasteiger partial charge is 0.237 e. The molecule has 3 N–H and O–H groups in total. The molecule has 0 aliphatic heterocycles. The van der Waals surface area contributed by atoms with E-state index in [2.05, 4.69) is 5.32 Å². The van der Waals surface area contributed by atoms with Crippen LogP contribution in [0.3, 0.4) is 0 Å². The SMILES string of the molecule is CC(NC(=O)[C@H](C)N)c1ccc(Cl)s1. The Labute approximate surface area is 92.3 Å². The number of rotatable bonds is 3. The first kappa shape index (κ1) is 11.5. The van der Waals surface area contributed by atoms with Crippen molar-refractivity contribution in [2.45, 2.75) is 25.9 Å². The Bertz CT molecular complexity index is 324. The number of thiophene rings is 1. The molecule has 1 unspecified atom stereocenters. The molecule has 0 saturated heterocycles. The molecular formula is C9H13ClN2OS. The highest BCUT2D eigenvalue weighted by Gasteiger charge is 2.13. The van der Waals surface area contributed by atoms with Crippen LogP contribution in [0, 0.1) is 0 Å². The van der Waals surface area contributed by atoms with Gasteiger partial charge in [0.2, 0.25) is 5.91 Å². The standard InChI is InChI=1S/C9H13ClN2OS/c1-5(11)9(13)12-6(2)7-3-4-8(10)14-7/h3-6H,11H2,1-2H3,(H,12,13)/t5-,6?/m0/s1. The summed E-state index contributed by atoms with van der Waals surface area (Å²) in [4.78, 5) is 12.3. The van der Waals surface area contributed by atoms with Gasteiger partial charge in [-0.1, -0.05) is 11.6 Å². The fraction of sp³-hybridized carbons (Fsp3) is 0.444.